The van der Waals surface area contributed by atoms with Gasteiger partial charge in [0.25, 0.3) is 0 Å². The Hall–Kier alpha value is -4.58. The zero-order valence-electron chi connectivity index (χ0n) is 19.6. The summed E-state index contributed by atoms with van der Waals surface area (Å²) < 4.78 is 0. The van der Waals surface area contributed by atoms with Gasteiger partial charge in [-0.25, -0.2) is 0 Å². The van der Waals surface area contributed by atoms with E-state index in [0.717, 1.165) is 24.0 Å². The highest BCUT2D eigenvalue weighted by atomic mass is 16.3. The van der Waals surface area contributed by atoms with Crippen LogP contribution >= 0.6 is 0 Å². The van der Waals surface area contributed by atoms with Gasteiger partial charge < -0.3 is 20.8 Å². The summed E-state index contributed by atoms with van der Waals surface area (Å²) in [6.07, 6.45) is 1.47. The largest absolute Gasteiger partial charge is 0.507 e. The number of anilines is 2. The molecule has 1 aliphatic rings. The summed E-state index contributed by atoms with van der Waals surface area (Å²) in [6.45, 7) is 1.11. The van der Waals surface area contributed by atoms with Gasteiger partial charge in [0.2, 0.25) is 11.6 Å². The van der Waals surface area contributed by atoms with Crippen molar-refractivity contribution in [2.75, 3.05) is 23.7 Å². The summed E-state index contributed by atoms with van der Waals surface area (Å²) in [7, 11) is 0. The maximum Gasteiger partial charge on any atom is 0.200 e. The number of carbonyl (C=O) groups is 2. The van der Waals surface area contributed by atoms with E-state index in [0.29, 0.717) is 24.5 Å². The molecule has 0 spiro atoms. The molecule has 0 aliphatic heterocycles. The van der Waals surface area contributed by atoms with Gasteiger partial charge in [-0.05, 0) is 48.2 Å². The zero-order chi connectivity index (χ0) is 25.1. The highest BCUT2D eigenvalue weighted by Gasteiger charge is 2.37. The smallest absolute Gasteiger partial charge is 0.200 e. The molecule has 4 N–H and O–H groups in total. The second-order valence-electron chi connectivity index (χ2n) is 8.75. The number of rotatable bonds is 8. The van der Waals surface area contributed by atoms with E-state index in [1.165, 1.54) is 12.1 Å². The lowest BCUT2D eigenvalue weighted by atomic mass is 9.81. The van der Waals surface area contributed by atoms with Crippen LogP contribution in [0, 0.1) is 0 Å². The first-order valence-electron chi connectivity index (χ1n) is 11.9. The molecule has 180 valence electrons. The van der Waals surface area contributed by atoms with Crippen LogP contribution < -0.4 is 10.6 Å². The summed E-state index contributed by atoms with van der Waals surface area (Å²) >= 11 is 0. The highest BCUT2D eigenvalue weighted by molar-refractivity contribution is 6.33. The second kappa shape index (κ2) is 9.96. The van der Waals surface area contributed by atoms with Gasteiger partial charge in [0, 0.05) is 24.5 Å². The van der Waals surface area contributed by atoms with E-state index in [2.05, 4.69) is 10.6 Å². The summed E-state index contributed by atoms with van der Waals surface area (Å²) in [6, 6.07) is 26.0. The molecule has 5 rings (SSSR count). The molecular weight excluding hydrogens is 452 g/mol. The van der Waals surface area contributed by atoms with Gasteiger partial charge in [-0.1, -0.05) is 60.7 Å². The number of hydrogen-bond donors (Lipinski definition) is 4. The Morgan fingerprint density at radius 3 is 1.28 bits per heavy atom. The van der Waals surface area contributed by atoms with E-state index in [4.69, 9.17) is 0 Å². The number of phenolic OH excluding ortho intramolecular Hbond substituents is 2. The normalized spacial score (nSPS) is 12.1. The van der Waals surface area contributed by atoms with Crippen LogP contribution in [0.3, 0.4) is 0 Å². The monoisotopic (exact) mass is 478 g/mol. The minimum absolute atomic E-state index is 0.167. The third-order valence-electron chi connectivity index (χ3n) is 6.42. The number of benzene rings is 4. The van der Waals surface area contributed by atoms with Gasteiger partial charge in [0.1, 0.15) is 11.5 Å². The Bertz CT molecular complexity index is 1320. The van der Waals surface area contributed by atoms with Gasteiger partial charge in [-0.15, -0.1) is 0 Å². The van der Waals surface area contributed by atoms with Crippen LogP contribution in [-0.4, -0.2) is 34.9 Å². The Kier molecular flexibility index (Phi) is 6.41. The van der Waals surface area contributed by atoms with Crippen LogP contribution in [0.15, 0.2) is 84.9 Å². The highest BCUT2D eigenvalue weighted by Crippen LogP contribution is 2.42. The van der Waals surface area contributed by atoms with Crippen molar-refractivity contribution >= 4 is 22.9 Å². The van der Waals surface area contributed by atoms with E-state index in [-0.39, 0.29) is 33.8 Å². The van der Waals surface area contributed by atoms with E-state index in [1.807, 2.05) is 60.7 Å². The molecule has 36 heavy (non-hydrogen) atoms. The summed E-state index contributed by atoms with van der Waals surface area (Å²) in [5.41, 5.74) is 3.39. The Balaban J connectivity index is 1.49. The minimum atomic E-state index is -0.498. The van der Waals surface area contributed by atoms with Crippen molar-refractivity contribution in [3.8, 4) is 11.5 Å². The first kappa shape index (κ1) is 23.2. The third kappa shape index (κ3) is 4.41. The molecule has 0 bridgehead atoms. The molecule has 0 amide bonds. The Morgan fingerprint density at radius 1 is 0.500 bits per heavy atom. The molecule has 0 unspecified atom stereocenters. The molecule has 0 aromatic heterocycles. The van der Waals surface area contributed by atoms with Gasteiger partial charge in [0.15, 0.2) is 0 Å². The van der Waals surface area contributed by atoms with Crippen LogP contribution in [0.1, 0.15) is 43.0 Å². The summed E-state index contributed by atoms with van der Waals surface area (Å²) in [4.78, 5) is 27.3. The average Bonchev–Trinajstić information content (AvgIpc) is 2.90. The van der Waals surface area contributed by atoms with Crippen molar-refractivity contribution in [2.24, 2.45) is 0 Å². The third-order valence-corrected chi connectivity index (χ3v) is 6.42. The Morgan fingerprint density at radius 2 is 0.889 bits per heavy atom. The fraction of sp³-hybridized carbons (Fsp3) is 0.133. The number of phenols is 2. The van der Waals surface area contributed by atoms with Crippen molar-refractivity contribution < 1.29 is 19.8 Å². The molecule has 4 aromatic carbocycles. The van der Waals surface area contributed by atoms with E-state index < -0.39 is 11.6 Å². The number of carbonyl (C=O) groups excluding carboxylic acids is 2. The van der Waals surface area contributed by atoms with Gasteiger partial charge in [-0.3, -0.25) is 9.59 Å². The standard InChI is InChI=1S/C30H26N2O4/c33-23-13-14-24(34)28-27(23)29(35)25-21(31-17-15-19-7-3-1-4-8-19)11-12-22(26(25)30(28)36)32-18-16-20-9-5-2-6-10-20/h1-14,31-34H,15-18H2. The maximum absolute atomic E-state index is 13.6. The van der Waals surface area contributed by atoms with Gasteiger partial charge >= 0.3 is 0 Å². The van der Waals surface area contributed by atoms with Gasteiger partial charge in [-0.2, -0.15) is 0 Å². The number of aromatic hydroxyl groups is 2. The first-order chi connectivity index (χ1) is 17.5. The molecule has 0 heterocycles. The van der Waals surface area contributed by atoms with Crippen molar-refractivity contribution in [1.82, 2.24) is 0 Å². The predicted molar refractivity (Wildman–Crippen MR) is 140 cm³/mol. The lowest BCUT2D eigenvalue weighted by Gasteiger charge is -2.25. The number of fused-ring (bicyclic) bond motifs is 2. The van der Waals surface area contributed by atoms with Crippen LogP contribution in [0.25, 0.3) is 0 Å². The molecule has 6 nitrogen and oxygen atoms in total. The maximum atomic E-state index is 13.6. The predicted octanol–water partition coefficient (Wildman–Crippen LogP) is 5.18. The molecule has 0 radical (unpaired) electrons. The number of nitrogens with one attached hydrogen (secondary N) is 2. The zero-order valence-corrected chi connectivity index (χ0v) is 19.6. The molecule has 0 atom stereocenters. The van der Waals surface area contributed by atoms with Crippen molar-refractivity contribution in [3.05, 3.63) is 118 Å². The minimum Gasteiger partial charge on any atom is -0.507 e. The molecule has 6 heteroatoms. The SMILES string of the molecule is O=C1c2c(O)ccc(O)c2C(=O)c2c(NCCc3ccccc3)ccc(NCCc3ccccc3)c21. The fourth-order valence-corrected chi connectivity index (χ4v) is 4.63. The summed E-state index contributed by atoms with van der Waals surface area (Å²) in [5.74, 6) is -1.65. The Labute approximate surface area is 209 Å². The molecule has 0 fully saturated rings. The summed E-state index contributed by atoms with van der Waals surface area (Å²) in [5, 5.41) is 27.5. The lowest BCUT2D eigenvalue weighted by Crippen LogP contribution is -2.25. The van der Waals surface area contributed by atoms with E-state index in [9.17, 15) is 19.8 Å². The fourth-order valence-electron chi connectivity index (χ4n) is 4.63. The van der Waals surface area contributed by atoms with Crippen molar-refractivity contribution in [3.63, 3.8) is 0 Å². The molecule has 0 saturated carbocycles. The molecule has 1 aliphatic carbocycles. The van der Waals surface area contributed by atoms with Crippen LogP contribution in [0.4, 0.5) is 11.4 Å². The van der Waals surface area contributed by atoms with E-state index in [1.54, 1.807) is 12.1 Å². The van der Waals surface area contributed by atoms with Crippen LogP contribution in [0.5, 0.6) is 11.5 Å². The van der Waals surface area contributed by atoms with Gasteiger partial charge in [0.05, 0.1) is 22.3 Å². The van der Waals surface area contributed by atoms with Crippen LogP contribution in [-0.2, 0) is 12.8 Å². The topological polar surface area (TPSA) is 98.7 Å². The molecule has 0 saturated heterocycles. The van der Waals surface area contributed by atoms with E-state index >= 15 is 0 Å². The van der Waals surface area contributed by atoms with Crippen molar-refractivity contribution in [2.45, 2.75) is 12.8 Å². The number of ketones is 2. The lowest BCUT2D eigenvalue weighted by molar-refractivity contribution is 0.0975. The molecule has 4 aromatic rings. The van der Waals surface area contributed by atoms with Crippen LogP contribution in [0.2, 0.25) is 0 Å². The van der Waals surface area contributed by atoms with Crippen molar-refractivity contribution in [1.29, 1.82) is 0 Å². The average molecular weight is 479 g/mol. The number of hydrogen-bond acceptors (Lipinski definition) is 6. The second-order valence-corrected chi connectivity index (χ2v) is 8.75. The molecular formula is C30H26N2O4. The first-order valence-corrected chi connectivity index (χ1v) is 11.9. The quantitative estimate of drug-likeness (QED) is 0.229.